The van der Waals surface area contributed by atoms with Crippen LogP contribution >= 0.6 is 11.3 Å². The summed E-state index contributed by atoms with van der Waals surface area (Å²) in [4.78, 5) is 0. The van der Waals surface area contributed by atoms with Crippen LogP contribution in [0.4, 0.5) is 4.39 Å². The Bertz CT molecular complexity index is 551. The van der Waals surface area contributed by atoms with E-state index < -0.39 is 0 Å². The van der Waals surface area contributed by atoms with E-state index in [0.717, 1.165) is 17.7 Å². The van der Waals surface area contributed by atoms with Crippen molar-refractivity contribution >= 4 is 11.3 Å². The van der Waals surface area contributed by atoms with Crippen LogP contribution in [0.15, 0.2) is 22.9 Å². The van der Waals surface area contributed by atoms with Crippen LogP contribution in [0.2, 0.25) is 0 Å². The molecule has 0 saturated carbocycles. The fraction of sp³-hybridized carbons (Fsp3) is 0.375. The van der Waals surface area contributed by atoms with Gasteiger partial charge in [0.15, 0.2) is 0 Å². The summed E-state index contributed by atoms with van der Waals surface area (Å²) in [6, 6.07) is 3.39. The Morgan fingerprint density at radius 3 is 2.21 bits per heavy atom. The molecule has 0 aliphatic rings. The molecule has 0 saturated heterocycles. The molecule has 3 heteroatoms. The molecule has 0 bridgehead atoms. The van der Waals surface area contributed by atoms with E-state index in [9.17, 15) is 4.39 Å². The average molecular weight is 277 g/mol. The average Bonchev–Trinajstić information content (AvgIpc) is 2.73. The highest BCUT2D eigenvalue weighted by atomic mass is 32.1. The summed E-state index contributed by atoms with van der Waals surface area (Å²) in [5.41, 5.74) is 5.80. The Kier molecular flexibility index (Phi) is 4.38. The quantitative estimate of drug-likeness (QED) is 0.867. The number of thiophene rings is 1. The van der Waals surface area contributed by atoms with E-state index in [1.54, 1.807) is 23.5 Å². The van der Waals surface area contributed by atoms with Crippen molar-refractivity contribution in [3.05, 3.63) is 56.5 Å². The van der Waals surface area contributed by atoms with Gasteiger partial charge in [-0.3, -0.25) is 0 Å². The smallest absolute Gasteiger partial charge is 0.123 e. The van der Waals surface area contributed by atoms with E-state index in [1.165, 1.54) is 16.7 Å². The summed E-state index contributed by atoms with van der Waals surface area (Å²) in [5.74, 6) is -0.156. The molecule has 1 unspecified atom stereocenters. The normalized spacial score (nSPS) is 12.7. The number of aryl methyl sites for hydroxylation is 3. The summed E-state index contributed by atoms with van der Waals surface area (Å²) in [7, 11) is 0. The maximum Gasteiger partial charge on any atom is 0.123 e. The maximum absolute atomic E-state index is 13.5. The fourth-order valence-electron chi connectivity index (χ4n) is 2.61. The maximum atomic E-state index is 13.5. The van der Waals surface area contributed by atoms with E-state index in [4.69, 9.17) is 0 Å². The second-order valence-electron chi connectivity index (χ2n) is 4.95. The summed E-state index contributed by atoms with van der Waals surface area (Å²) in [5, 5.41) is 7.87. The van der Waals surface area contributed by atoms with E-state index in [0.29, 0.717) is 0 Å². The Balaban J connectivity index is 2.54. The molecule has 1 heterocycles. The van der Waals surface area contributed by atoms with Gasteiger partial charge in [0.25, 0.3) is 0 Å². The lowest BCUT2D eigenvalue weighted by molar-refractivity contribution is 0.606. The summed E-state index contributed by atoms with van der Waals surface area (Å²) < 4.78 is 13.5. The largest absolute Gasteiger partial charge is 0.306 e. The monoisotopic (exact) mass is 277 g/mol. The molecule has 0 aliphatic heterocycles. The Morgan fingerprint density at radius 1 is 1.11 bits per heavy atom. The summed E-state index contributed by atoms with van der Waals surface area (Å²) in [6.07, 6.45) is 0. The van der Waals surface area contributed by atoms with Gasteiger partial charge in [0.05, 0.1) is 6.04 Å². The third-order valence-electron chi connectivity index (χ3n) is 3.46. The predicted molar refractivity (Wildman–Crippen MR) is 80.4 cm³/mol. The highest BCUT2D eigenvalue weighted by Gasteiger charge is 2.20. The molecule has 0 amide bonds. The minimum atomic E-state index is -0.156. The molecule has 0 radical (unpaired) electrons. The van der Waals surface area contributed by atoms with Gasteiger partial charge in [-0.2, -0.15) is 11.3 Å². The number of rotatable bonds is 4. The molecule has 1 atom stereocenters. The molecule has 1 N–H and O–H groups in total. The van der Waals surface area contributed by atoms with Gasteiger partial charge in [-0.25, -0.2) is 4.39 Å². The molecular weight excluding hydrogens is 257 g/mol. The zero-order chi connectivity index (χ0) is 14.0. The minimum absolute atomic E-state index is 0.150. The summed E-state index contributed by atoms with van der Waals surface area (Å²) >= 11 is 1.72. The highest BCUT2D eigenvalue weighted by molar-refractivity contribution is 7.08. The Morgan fingerprint density at radius 2 is 1.74 bits per heavy atom. The summed E-state index contributed by atoms with van der Waals surface area (Å²) in [6.45, 7) is 9.08. The fourth-order valence-corrected chi connectivity index (χ4v) is 3.49. The van der Waals surface area contributed by atoms with Gasteiger partial charge in [-0.05, 0) is 78.0 Å². The lowest BCUT2D eigenvalue weighted by atomic mass is 9.91. The lowest BCUT2D eigenvalue weighted by Crippen LogP contribution is -2.24. The Labute approximate surface area is 118 Å². The standard InChI is InChI=1S/C16H20FNS/c1-5-18-16(14-9-19-8-12(14)4)15-10(2)6-13(17)7-11(15)3/h6-9,16,18H,5H2,1-4H3. The van der Waals surface area contributed by atoms with Gasteiger partial charge >= 0.3 is 0 Å². The van der Waals surface area contributed by atoms with E-state index in [2.05, 4.69) is 29.9 Å². The highest BCUT2D eigenvalue weighted by Crippen LogP contribution is 2.32. The molecule has 2 aromatic rings. The first-order valence-corrected chi connectivity index (χ1v) is 7.51. The van der Waals surface area contributed by atoms with Gasteiger partial charge in [0.2, 0.25) is 0 Å². The van der Waals surface area contributed by atoms with Crippen molar-refractivity contribution < 1.29 is 4.39 Å². The molecule has 19 heavy (non-hydrogen) atoms. The molecule has 1 nitrogen and oxygen atoms in total. The van der Waals surface area contributed by atoms with Crippen LogP contribution in [0.25, 0.3) is 0 Å². The molecule has 0 fully saturated rings. The van der Waals surface area contributed by atoms with E-state index in [1.807, 2.05) is 13.8 Å². The number of nitrogens with one attached hydrogen (secondary N) is 1. The SMILES string of the molecule is CCNC(c1cscc1C)c1c(C)cc(F)cc1C. The topological polar surface area (TPSA) is 12.0 Å². The number of benzene rings is 1. The first kappa shape index (κ1) is 14.2. The zero-order valence-corrected chi connectivity index (χ0v) is 12.7. The van der Waals surface area contributed by atoms with Crippen molar-refractivity contribution in [2.24, 2.45) is 0 Å². The van der Waals surface area contributed by atoms with Crippen molar-refractivity contribution in [2.45, 2.75) is 33.7 Å². The molecule has 2 rings (SSSR count). The van der Waals surface area contributed by atoms with Gasteiger partial charge in [-0.1, -0.05) is 6.92 Å². The number of hydrogen-bond acceptors (Lipinski definition) is 2. The number of halogens is 1. The minimum Gasteiger partial charge on any atom is -0.306 e. The van der Waals surface area contributed by atoms with Crippen LogP contribution in [0.5, 0.6) is 0 Å². The van der Waals surface area contributed by atoms with Crippen LogP contribution in [0.3, 0.4) is 0 Å². The molecule has 0 aliphatic carbocycles. The lowest BCUT2D eigenvalue weighted by Gasteiger charge is -2.23. The molecule has 102 valence electrons. The zero-order valence-electron chi connectivity index (χ0n) is 11.9. The van der Waals surface area contributed by atoms with E-state index in [-0.39, 0.29) is 11.9 Å². The van der Waals surface area contributed by atoms with E-state index >= 15 is 0 Å². The van der Waals surface area contributed by atoms with Crippen molar-refractivity contribution in [1.82, 2.24) is 5.32 Å². The van der Waals surface area contributed by atoms with Crippen LogP contribution in [0, 0.1) is 26.6 Å². The molecule has 1 aromatic carbocycles. The molecule has 0 spiro atoms. The van der Waals surface area contributed by atoms with Crippen molar-refractivity contribution in [3.63, 3.8) is 0 Å². The molecular formula is C16H20FNS. The van der Waals surface area contributed by atoms with Crippen molar-refractivity contribution in [2.75, 3.05) is 6.54 Å². The second-order valence-corrected chi connectivity index (χ2v) is 5.70. The predicted octanol–water partition coefficient (Wildman–Crippen LogP) is 4.51. The number of hydrogen-bond donors (Lipinski definition) is 1. The van der Waals surface area contributed by atoms with Crippen molar-refractivity contribution in [3.8, 4) is 0 Å². The first-order chi connectivity index (χ1) is 9.04. The van der Waals surface area contributed by atoms with Crippen LogP contribution in [-0.2, 0) is 0 Å². The van der Waals surface area contributed by atoms with Gasteiger partial charge in [0, 0.05) is 0 Å². The van der Waals surface area contributed by atoms with Gasteiger partial charge < -0.3 is 5.32 Å². The van der Waals surface area contributed by atoms with Crippen LogP contribution in [-0.4, -0.2) is 6.54 Å². The first-order valence-electron chi connectivity index (χ1n) is 6.57. The van der Waals surface area contributed by atoms with Gasteiger partial charge in [0.1, 0.15) is 5.82 Å². The van der Waals surface area contributed by atoms with Crippen molar-refractivity contribution in [1.29, 1.82) is 0 Å². The van der Waals surface area contributed by atoms with Crippen LogP contribution in [0.1, 0.15) is 40.8 Å². The third-order valence-corrected chi connectivity index (χ3v) is 4.34. The second kappa shape index (κ2) is 5.85. The third kappa shape index (κ3) is 2.88. The Hall–Kier alpha value is -1.19. The van der Waals surface area contributed by atoms with Gasteiger partial charge in [-0.15, -0.1) is 0 Å². The molecule has 1 aromatic heterocycles. The van der Waals surface area contributed by atoms with Crippen LogP contribution < -0.4 is 5.32 Å².